The first-order valence-electron chi connectivity index (χ1n) is 17.4. The van der Waals surface area contributed by atoms with Crippen molar-refractivity contribution in [3.05, 3.63) is 176 Å². The summed E-state index contributed by atoms with van der Waals surface area (Å²) in [5.41, 5.74) is 3.59. The highest BCUT2D eigenvalue weighted by Gasteiger charge is 2.42. The van der Waals surface area contributed by atoms with Crippen molar-refractivity contribution in [3.8, 4) is 5.82 Å². The maximum absolute atomic E-state index is 4.98. The molecule has 4 nitrogen and oxygen atoms in total. The minimum absolute atomic E-state index is 0.830. The summed E-state index contributed by atoms with van der Waals surface area (Å²) in [7, 11) is -0.749. The molecule has 0 fully saturated rings. The van der Waals surface area contributed by atoms with Gasteiger partial charge < -0.3 is 9.80 Å². The molecule has 0 spiro atoms. The highest BCUT2D eigenvalue weighted by molar-refractivity contribution is 7.26. The van der Waals surface area contributed by atoms with Crippen molar-refractivity contribution < 1.29 is 0 Å². The predicted octanol–water partition coefficient (Wildman–Crippen LogP) is 8.10. The topological polar surface area (TPSA) is 24.3 Å². The normalized spacial score (nSPS) is 13.4. The van der Waals surface area contributed by atoms with E-state index in [1.54, 1.807) is 0 Å². The molecule has 3 aromatic heterocycles. The monoisotopic (exact) mass is 690 g/mol. The number of pyridine rings is 1. The van der Waals surface area contributed by atoms with Crippen molar-refractivity contribution in [1.29, 1.82) is 0 Å². The van der Waals surface area contributed by atoms with Crippen LogP contribution in [0.3, 0.4) is 0 Å². The number of fused-ring (bicyclic) bond motifs is 7. The summed E-state index contributed by atoms with van der Waals surface area (Å²) in [5, 5.41) is 10.5. The van der Waals surface area contributed by atoms with E-state index in [1.165, 1.54) is 68.4 Å². The van der Waals surface area contributed by atoms with Gasteiger partial charge in [0.15, 0.2) is 8.07 Å². The lowest BCUT2D eigenvalue weighted by Gasteiger charge is -2.35. The Morgan fingerprint density at radius 2 is 1.27 bits per heavy atom. The van der Waals surface area contributed by atoms with E-state index < -0.39 is 8.07 Å². The summed E-state index contributed by atoms with van der Waals surface area (Å²) in [5.74, 6) is 0.927. The maximum Gasteiger partial charge on any atom is 0.179 e. The lowest BCUT2D eigenvalue weighted by atomic mass is 10.1. The first-order valence-corrected chi connectivity index (χ1v) is 20.2. The van der Waals surface area contributed by atoms with Crippen LogP contribution >= 0.6 is 11.3 Å². The van der Waals surface area contributed by atoms with Gasteiger partial charge in [-0.15, -0.1) is 11.3 Å². The molecule has 0 radical (unpaired) electrons. The van der Waals surface area contributed by atoms with Crippen LogP contribution in [0.4, 0.5) is 5.69 Å². The number of hydrogen-bond acceptors (Lipinski definition) is 4. The lowest BCUT2D eigenvalue weighted by molar-refractivity contribution is 0.496. The zero-order valence-electron chi connectivity index (χ0n) is 28.1. The van der Waals surface area contributed by atoms with E-state index in [0.717, 1.165) is 12.5 Å². The number of aromatic nitrogens is 2. The van der Waals surface area contributed by atoms with Crippen molar-refractivity contribution in [2.24, 2.45) is 0 Å². The Morgan fingerprint density at radius 1 is 0.569 bits per heavy atom. The van der Waals surface area contributed by atoms with Crippen LogP contribution < -0.4 is 25.6 Å². The Kier molecular flexibility index (Phi) is 6.94. The largest absolute Gasteiger partial charge is 0.361 e. The molecule has 0 atom stereocenters. The van der Waals surface area contributed by atoms with Crippen LogP contribution in [-0.2, 0) is 0 Å². The van der Waals surface area contributed by atoms with Crippen LogP contribution in [0.15, 0.2) is 176 Å². The standard InChI is InChI=1S/C45H34N4SSi/c1-47-27-28-48(31-47)32-13-12-18-35(29-32)51(33-14-4-2-5-15-33,34-16-6-3-7-17-34)36-22-23-37-38-24-25-42-44(39-19-8-9-20-41(39)50-42)45(38)49(40(37)30-36)43-21-10-11-26-46-43/h2-30H,31H2,1H3. The van der Waals surface area contributed by atoms with Gasteiger partial charge in [0.05, 0.1) is 17.7 Å². The molecule has 6 aromatic carbocycles. The second kappa shape index (κ2) is 11.8. The third kappa shape index (κ3) is 4.60. The number of rotatable bonds is 6. The average Bonchev–Trinajstić information content (AvgIpc) is 3.89. The average molecular weight is 691 g/mol. The minimum Gasteiger partial charge on any atom is -0.361 e. The van der Waals surface area contributed by atoms with Crippen LogP contribution in [0.1, 0.15) is 0 Å². The molecule has 4 heterocycles. The molecule has 1 aliphatic heterocycles. The summed E-state index contributed by atoms with van der Waals surface area (Å²) in [6.45, 7) is 0.830. The maximum atomic E-state index is 4.98. The van der Waals surface area contributed by atoms with Gasteiger partial charge in [0.25, 0.3) is 0 Å². The first kappa shape index (κ1) is 29.9. The summed E-state index contributed by atoms with van der Waals surface area (Å²) >= 11 is 1.86. The molecule has 0 unspecified atom stereocenters. The fraction of sp³-hybridized carbons (Fsp3) is 0.0444. The molecule has 0 amide bonds. The Balaban J connectivity index is 1.34. The van der Waals surface area contributed by atoms with Crippen molar-refractivity contribution in [2.45, 2.75) is 0 Å². The van der Waals surface area contributed by atoms with Gasteiger partial charge in [0.2, 0.25) is 0 Å². The van der Waals surface area contributed by atoms with E-state index >= 15 is 0 Å². The van der Waals surface area contributed by atoms with Gasteiger partial charge in [-0.25, -0.2) is 4.98 Å². The van der Waals surface area contributed by atoms with Crippen molar-refractivity contribution in [1.82, 2.24) is 14.5 Å². The number of nitrogens with zero attached hydrogens (tertiary/aromatic N) is 4. The van der Waals surface area contributed by atoms with Gasteiger partial charge in [-0.2, -0.15) is 0 Å². The zero-order chi connectivity index (χ0) is 33.9. The van der Waals surface area contributed by atoms with E-state index in [9.17, 15) is 0 Å². The molecule has 9 aromatic rings. The van der Waals surface area contributed by atoms with E-state index in [0.29, 0.717) is 0 Å². The van der Waals surface area contributed by atoms with Gasteiger partial charge in [0.1, 0.15) is 5.82 Å². The number of thiophene rings is 1. The fourth-order valence-corrected chi connectivity index (χ4v) is 14.2. The second-order valence-corrected chi connectivity index (χ2v) is 18.3. The molecular weight excluding hydrogens is 657 g/mol. The fourth-order valence-electron chi connectivity index (χ4n) is 8.26. The van der Waals surface area contributed by atoms with Crippen molar-refractivity contribution in [2.75, 3.05) is 18.6 Å². The Morgan fingerprint density at radius 3 is 2.02 bits per heavy atom. The lowest BCUT2D eigenvalue weighted by Crippen LogP contribution is -2.74. The molecule has 0 aliphatic carbocycles. The molecule has 0 saturated heterocycles. The van der Waals surface area contributed by atoms with Crippen LogP contribution in [0.25, 0.3) is 47.8 Å². The van der Waals surface area contributed by atoms with Gasteiger partial charge in [-0.3, -0.25) is 4.57 Å². The van der Waals surface area contributed by atoms with Crippen LogP contribution in [0, 0.1) is 0 Å². The number of anilines is 1. The second-order valence-electron chi connectivity index (χ2n) is 13.4. The first-order chi connectivity index (χ1) is 25.2. The molecule has 10 rings (SSSR count). The highest BCUT2D eigenvalue weighted by atomic mass is 32.1. The quantitative estimate of drug-likeness (QED) is 0.130. The Bertz CT molecular complexity index is 2710. The van der Waals surface area contributed by atoms with Gasteiger partial charge in [-0.1, -0.05) is 115 Å². The van der Waals surface area contributed by atoms with Gasteiger partial charge in [-0.05, 0) is 63.2 Å². The predicted molar refractivity (Wildman–Crippen MR) is 219 cm³/mol. The number of benzene rings is 6. The van der Waals surface area contributed by atoms with Crippen molar-refractivity contribution in [3.63, 3.8) is 0 Å². The van der Waals surface area contributed by atoms with Crippen LogP contribution in [0.2, 0.25) is 0 Å². The minimum atomic E-state index is -2.87. The molecule has 1 aliphatic rings. The summed E-state index contributed by atoms with van der Waals surface area (Å²) in [6, 6.07) is 58.7. The summed E-state index contributed by atoms with van der Waals surface area (Å²) in [4.78, 5) is 9.53. The molecule has 244 valence electrons. The van der Waals surface area contributed by atoms with E-state index in [2.05, 4.69) is 185 Å². The SMILES string of the molecule is CN1C=CN(c2cccc([Si](c3ccccc3)(c3ccccc3)c3ccc4c5ccc6sc7ccccc7c6c5n(-c5ccccn5)c4c3)c2)C1. The van der Waals surface area contributed by atoms with Gasteiger partial charge >= 0.3 is 0 Å². The third-order valence-electron chi connectivity index (χ3n) is 10.5. The third-order valence-corrected chi connectivity index (χ3v) is 16.4. The Labute approximate surface area is 301 Å². The molecular formula is C45H34N4SSi. The van der Waals surface area contributed by atoms with Crippen LogP contribution in [-0.4, -0.2) is 36.2 Å². The highest BCUT2D eigenvalue weighted by Crippen LogP contribution is 2.42. The molecule has 0 N–H and O–H groups in total. The summed E-state index contributed by atoms with van der Waals surface area (Å²) in [6.07, 6.45) is 6.23. The van der Waals surface area contributed by atoms with Crippen LogP contribution in [0.5, 0.6) is 0 Å². The van der Waals surface area contributed by atoms with Gasteiger partial charge in [0, 0.05) is 62.3 Å². The smallest absolute Gasteiger partial charge is 0.179 e. The van der Waals surface area contributed by atoms with E-state index in [-0.39, 0.29) is 0 Å². The van der Waals surface area contributed by atoms with E-state index in [4.69, 9.17) is 4.98 Å². The zero-order valence-corrected chi connectivity index (χ0v) is 30.0. The Hall–Kier alpha value is -5.95. The molecule has 0 bridgehead atoms. The van der Waals surface area contributed by atoms with E-state index in [1.807, 2.05) is 23.6 Å². The molecule has 0 saturated carbocycles. The van der Waals surface area contributed by atoms with Crippen molar-refractivity contribution >= 4 is 87.8 Å². The molecule has 6 heteroatoms. The summed E-state index contributed by atoms with van der Waals surface area (Å²) < 4.78 is 5.02. The number of hydrogen-bond donors (Lipinski definition) is 0. The molecule has 51 heavy (non-hydrogen) atoms.